The van der Waals surface area contributed by atoms with Crippen molar-refractivity contribution in [1.82, 2.24) is 0 Å². The Hall–Kier alpha value is -0.300. The van der Waals surface area contributed by atoms with Crippen molar-refractivity contribution in [2.45, 2.75) is 78.2 Å². The van der Waals surface area contributed by atoms with E-state index in [1.54, 1.807) is 5.57 Å². The molecule has 0 aromatic heterocycles. The van der Waals surface area contributed by atoms with Crippen LogP contribution in [-0.4, -0.2) is 11.2 Å². The fourth-order valence-electron chi connectivity index (χ4n) is 6.99. The van der Waals surface area contributed by atoms with Crippen LogP contribution < -0.4 is 0 Å². The Bertz CT molecular complexity index is 466. The minimum Gasteiger partial charge on any atom is -0.393 e. The van der Waals surface area contributed by atoms with Crippen LogP contribution in [0.1, 0.15) is 72.1 Å². The molecule has 0 radical (unpaired) electrons. The van der Waals surface area contributed by atoms with Crippen LogP contribution in [-0.2, 0) is 0 Å². The van der Waals surface area contributed by atoms with Crippen LogP contribution in [0.5, 0.6) is 0 Å². The molecular weight excluding hydrogens is 256 g/mol. The molecule has 1 nitrogen and oxygen atoms in total. The van der Waals surface area contributed by atoms with Crippen molar-refractivity contribution in [2.24, 2.45) is 34.5 Å². The van der Waals surface area contributed by atoms with Gasteiger partial charge in [0, 0.05) is 0 Å². The monoisotopic (exact) mass is 288 g/mol. The van der Waals surface area contributed by atoms with Gasteiger partial charge >= 0.3 is 0 Å². The van der Waals surface area contributed by atoms with E-state index in [0.29, 0.717) is 10.8 Å². The standard InChI is InChI=1S/C20H32O/c1-13-11-14-12-15(21)6-10-20(14,3)17-7-9-19(2)8-4-5-16(19)18(13)17/h11,13,15-18,21H,4-10,12H2,1-3H3/t13?,15?,16-,17+,18-,19-,20-/m0/s1. The predicted molar refractivity (Wildman–Crippen MR) is 86.9 cm³/mol. The predicted octanol–water partition coefficient (Wildman–Crippen LogP) is 4.95. The molecule has 0 aliphatic heterocycles. The van der Waals surface area contributed by atoms with Crippen LogP contribution in [0.15, 0.2) is 11.6 Å². The molecule has 0 saturated heterocycles. The maximum atomic E-state index is 10.1. The molecule has 7 atom stereocenters. The molecule has 4 aliphatic rings. The molecule has 4 aliphatic carbocycles. The SMILES string of the molecule is CC1C=C2CC(O)CC[C@]2(C)[C@@H]2CC[C@]3(C)CCC[C@H]3[C@H]12. The Morgan fingerprint density at radius 2 is 1.86 bits per heavy atom. The molecule has 1 heteroatoms. The van der Waals surface area contributed by atoms with Gasteiger partial charge in [0.2, 0.25) is 0 Å². The molecule has 2 unspecified atom stereocenters. The van der Waals surface area contributed by atoms with E-state index >= 15 is 0 Å². The van der Waals surface area contributed by atoms with Gasteiger partial charge in [-0.1, -0.05) is 38.8 Å². The van der Waals surface area contributed by atoms with Gasteiger partial charge in [0.25, 0.3) is 0 Å². The molecule has 0 heterocycles. The van der Waals surface area contributed by atoms with Gasteiger partial charge in [-0.15, -0.1) is 0 Å². The lowest BCUT2D eigenvalue weighted by molar-refractivity contribution is -0.0541. The summed E-state index contributed by atoms with van der Waals surface area (Å²) in [6.07, 6.45) is 13.0. The Balaban J connectivity index is 1.73. The molecular formula is C20H32O. The molecule has 0 spiro atoms. The van der Waals surface area contributed by atoms with Crippen LogP contribution in [0.25, 0.3) is 0 Å². The van der Waals surface area contributed by atoms with Gasteiger partial charge in [-0.2, -0.15) is 0 Å². The van der Waals surface area contributed by atoms with Crippen molar-refractivity contribution < 1.29 is 5.11 Å². The quantitative estimate of drug-likeness (QED) is 0.626. The summed E-state index contributed by atoms with van der Waals surface area (Å²) in [7, 11) is 0. The smallest absolute Gasteiger partial charge is 0.0577 e. The van der Waals surface area contributed by atoms with Crippen molar-refractivity contribution in [3.8, 4) is 0 Å². The Kier molecular flexibility index (Phi) is 3.13. The topological polar surface area (TPSA) is 20.2 Å². The lowest BCUT2D eigenvalue weighted by atomic mass is 9.46. The van der Waals surface area contributed by atoms with Gasteiger partial charge in [0.1, 0.15) is 0 Å². The van der Waals surface area contributed by atoms with Gasteiger partial charge in [-0.3, -0.25) is 0 Å². The summed E-state index contributed by atoms with van der Waals surface area (Å²) >= 11 is 0. The number of rotatable bonds is 0. The third kappa shape index (κ3) is 1.92. The molecule has 0 amide bonds. The summed E-state index contributed by atoms with van der Waals surface area (Å²) in [6.45, 7) is 7.58. The van der Waals surface area contributed by atoms with Gasteiger partial charge in [0.05, 0.1) is 6.10 Å². The van der Waals surface area contributed by atoms with Crippen LogP contribution in [0.3, 0.4) is 0 Å². The minimum absolute atomic E-state index is 0.0755. The maximum absolute atomic E-state index is 10.1. The lowest BCUT2D eigenvalue weighted by Crippen LogP contribution is -2.51. The van der Waals surface area contributed by atoms with E-state index < -0.39 is 0 Å². The fourth-order valence-corrected chi connectivity index (χ4v) is 6.99. The van der Waals surface area contributed by atoms with Crippen molar-refractivity contribution in [3.05, 3.63) is 11.6 Å². The molecule has 118 valence electrons. The van der Waals surface area contributed by atoms with E-state index in [1.807, 2.05) is 0 Å². The number of allylic oxidation sites excluding steroid dienone is 1. The van der Waals surface area contributed by atoms with Crippen LogP contribution >= 0.6 is 0 Å². The van der Waals surface area contributed by atoms with Crippen LogP contribution in [0.2, 0.25) is 0 Å². The molecule has 4 rings (SSSR count). The van der Waals surface area contributed by atoms with E-state index in [1.165, 1.54) is 38.5 Å². The third-order valence-electron chi connectivity index (χ3n) is 8.19. The molecule has 3 fully saturated rings. The first-order valence-electron chi connectivity index (χ1n) is 9.33. The number of hydrogen-bond donors (Lipinski definition) is 1. The third-order valence-corrected chi connectivity index (χ3v) is 8.19. The zero-order valence-electron chi connectivity index (χ0n) is 14.1. The molecule has 0 aromatic rings. The average Bonchev–Trinajstić information content (AvgIpc) is 2.82. The van der Waals surface area contributed by atoms with E-state index in [2.05, 4.69) is 26.8 Å². The molecule has 0 bridgehead atoms. The van der Waals surface area contributed by atoms with E-state index in [4.69, 9.17) is 0 Å². The average molecular weight is 288 g/mol. The first-order valence-corrected chi connectivity index (χ1v) is 9.33. The van der Waals surface area contributed by atoms with Crippen molar-refractivity contribution in [1.29, 1.82) is 0 Å². The van der Waals surface area contributed by atoms with Gasteiger partial charge in [0.15, 0.2) is 0 Å². The van der Waals surface area contributed by atoms with Gasteiger partial charge in [-0.05, 0) is 79.4 Å². The summed E-state index contributed by atoms with van der Waals surface area (Å²) < 4.78 is 0. The zero-order chi connectivity index (χ0) is 14.8. The van der Waals surface area contributed by atoms with Gasteiger partial charge < -0.3 is 5.11 Å². The van der Waals surface area contributed by atoms with Crippen LogP contribution in [0.4, 0.5) is 0 Å². The normalized spacial score (nSPS) is 56.2. The second-order valence-corrected chi connectivity index (χ2v) is 9.24. The molecule has 21 heavy (non-hydrogen) atoms. The Labute approximate surface area is 130 Å². The Morgan fingerprint density at radius 1 is 1.05 bits per heavy atom. The van der Waals surface area contributed by atoms with Crippen molar-refractivity contribution >= 4 is 0 Å². The number of fused-ring (bicyclic) bond motifs is 5. The second kappa shape index (κ2) is 4.60. The highest BCUT2D eigenvalue weighted by atomic mass is 16.3. The van der Waals surface area contributed by atoms with E-state index in [9.17, 15) is 5.11 Å². The summed E-state index contributed by atoms with van der Waals surface area (Å²) in [5.74, 6) is 3.49. The van der Waals surface area contributed by atoms with E-state index in [-0.39, 0.29) is 6.10 Å². The van der Waals surface area contributed by atoms with Crippen molar-refractivity contribution in [2.75, 3.05) is 0 Å². The molecule has 1 N–H and O–H groups in total. The highest BCUT2D eigenvalue weighted by Gasteiger charge is 2.57. The number of hydrogen-bond acceptors (Lipinski definition) is 1. The lowest BCUT2D eigenvalue weighted by Gasteiger charge is -2.59. The summed E-state index contributed by atoms with van der Waals surface area (Å²) in [4.78, 5) is 0. The summed E-state index contributed by atoms with van der Waals surface area (Å²) in [6, 6.07) is 0. The largest absolute Gasteiger partial charge is 0.393 e. The van der Waals surface area contributed by atoms with Crippen molar-refractivity contribution in [3.63, 3.8) is 0 Å². The molecule has 3 saturated carbocycles. The summed E-state index contributed by atoms with van der Waals surface area (Å²) in [5, 5.41) is 10.1. The maximum Gasteiger partial charge on any atom is 0.0577 e. The first kappa shape index (κ1) is 14.3. The molecule has 0 aromatic carbocycles. The number of aliphatic hydroxyl groups is 1. The minimum atomic E-state index is -0.0755. The van der Waals surface area contributed by atoms with Gasteiger partial charge in [-0.25, -0.2) is 0 Å². The second-order valence-electron chi connectivity index (χ2n) is 9.24. The summed E-state index contributed by atoms with van der Waals surface area (Å²) in [5.41, 5.74) is 2.66. The fraction of sp³-hybridized carbons (Fsp3) is 0.900. The zero-order valence-corrected chi connectivity index (χ0v) is 14.1. The Morgan fingerprint density at radius 3 is 2.67 bits per heavy atom. The highest BCUT2D eigenvalue weighted by Crippen LogP contribution is 2.65. The first-order chi connectivity index (χ1) is 9.94. The highest BCUT2D eigenvalue weighted by molar-refractivity contribution is 5.26. The number of aliphatic hydroxyl groups excluding tert-OH is 1. The van der Waals surface area contributed by atoms with E-state index in [0.717, 1.165) is 36.5 Å². The van der Waals surface area contributed by atoms with Crippen LogP contribution in [0, 0.1) is 34.5 Å².